The van der Waals surface area contributed by atoms with Gasteiger partial charge in [-0.1, -0.05) is 40.7 Å². The Labute approximate surface area is 339 Å². The van der Waals surface area contributed by atoms with Crippen molar-refractivity contribution in [3.8, 4) is 22.5 Å². The molecule has 3 aromatic heterocycles. The third kappa shape index (κ3) is 8.78. The van der Waals surface area contributed by atoms with Crippen LogP contribution in [-0.2, 0) is 48.0 Å². The van der Waals surface area contributed by atoms with E-state index in [4.69, 9.17) is 19.4 Å². The molecule has 2 aliphatic heterocycles. The van der Waals surface area contributed by atoms with Crippen molar-refractivity contribution in [1.82, 2.24) is 35.2 Å². The van der Waals surface area contributed by atoms with Crippen LogP contribution in [-0.4, -0.2) is 93.6 Å². The zero-order valence-corrected chi connectivity index (χ0v) is 35.5. The number of aryl methyl sites for hydroxylation is 1. The van der Waals surface area contributed by atoms with Gasteiger partial charge in [-0.25, -0.2) is 10.4 Å². The first-order valence-corrected chi connectivity index (χ1v) is 20.9. The van der Waals surface area contributed by atoms with Crippen LogP contribution in [0.5, 0.6) is 0 Å². The lowest BCUT2D eigenvalue weighted by Gasteiger charge is -2.36. The number of ether oxygens (including phenoxy) is 2. The summed E-state index contributed by atoms with van der Waals surface area (Å²) >= 11 is 1.43. The van der Waals surface area contributed by atoms with Crippen molar-refractivity contribution in [2.75, 3.05) is 27.3 Å². The highest BCUT2D eigenvalue weighted by atomic mass is 32.1. The number of rotatable bonds is 9. The molecule has 5 heterocycles. The summed E-state index contributed by atoms with van der Waals surface area (Å²) in [5, 5.41) is 8.14. The number of hydrogen-bond donors (Lipinski definition) is 2. The molecule has 2 N–H and O–H groups in total. The fourth-order valence-electron chi connectivity index (χ4n) is 8.15. The largest absolute Gasteiger partial charge is 0.464 e. The Morgan fingerprint density at radius 1 is 1.18 bits per heavy atom. The lowest BCUT2D eigenvalue weighted by atomic mass is 9.84. The standard InChI is InChI=1S/C43H57N7O6S/c1-10-36(51)48(8)38(25(3)4)40(52)46-32-21-35-45-33(23-57-35)27-16-17-34-29(20-27)30(39(49(34)11-2)28-14-12-18-44-37(28)26(5)55-9)22-43(6,7)24-56-42(54)31-15-13-19-50(47-31)41(32)53/h12,14,16-18,20,23,25-26,31-32,38,47H,10-11,13,15,19,21-22,24H2,1-9H3,(H,46,52)/t26-,31-,32-,38-/m0/s1. The van der Waals surface area contributed by atoms with E-state index < -0.39 is 35.4 Å². The van der Waals surface area contributed by atoms with Gasteiger partial charge < -0.3 is 24.3 Å². The van der Waals surface area contributed by atoms with Gasteiger partial charge in [0.25, 0.3) is 5.91 Å². The van der Waals surface area contributed by atoms with Gasteiger partial charge in [-0.2, -0.15) is 0 Å². The number of esters is 1. The van der Waals surface area contributed by atoms with E-state index in [2.05, 4.69) is 60.3 Å². The van der Waals surface area contributed by atoms with Crippen molar-refractivity contribution < 1.29 is 28.7 Å². The maximum atomic E-state index is 14.3. The van der Waals surface area contributed by atoms with Gasteiger partial charge in [-0.3, -0.25) is 29.2 Å². The van der Waals surface area contributed by atoms with Gasteiger partial charge in [0.15, 0.2) is 0 Å². The molecule has 6 rings (SSSR count). The lowest BCUT2D eigenvalue weighted by molar-refractivity contribution is -0.155. The molecule has 14 heteroatoms. The van der Waals surface area contributed by atoms with Crippen LogP contribution in [0.3, 0.4) is 0 Å². The molecular formula is C43H57N7O6S. The van der Waals surface area contributed by atoms with Crippen LogP contribution < -0.4 is 10.7 Å². The molecule has 0 radical (unpaired) electrons. The molecule has 2 aliphatic rings. The SMILES string of the molecule is CCC(=O)N(C)[C@H](C(=O)N[C@H]1Cc2nc(cs2)-c2ccc3c(c2)c(c(-c2cccnc2[C@H](C)OC)n3CC)CC(C)(C)COC(=O)[C@@H]2CCCN(N2)C1=O)C(C)C. The average molecular weight is 800 g/mol. The van der Waals surface area contributed by atoms with E-state index in [0.717, 1.165) is 44.7 Å². The number of fused-ring (bicyclic) bond motifs is 6. The van der Waals surface area contributed by atoms with Crippen molar-refractivity contribution in [1.29, 1.82) is 0 Å². The minimum absolute atomic E-state index is 0.123. The van der Waals surface area contributed by atoms with Gasteiger partial charge in [0, 0.05) is 79.1 Å². The Morgan fingerprint density at radius 2 is 1.95 bits per heavy atom. The van der Waals surface area contributed by atoms with E-state index in [1.807, 2.05) is 32.2 Å². The van der Waals surface area contributed by atoms with Gasteiger partial charge in [-0.05, 0) is 68.9 Å². The first-order valence-electron chi connectivity index (χ1n) is 20.1. The average Bonchev–Trinajstić information content (AvgIpc) is 3.79. The van der Waals surface area contributed by atoms with Crippen LogP contribution in [0.2, 0.25) is 0 Å². The number of benzene rings is 1. The maximum Gasteiger partial charge on any atom is 0.324 e. The molecule has 6 bridgehead atoms. The molecule has 1 fully saturated rings. The summed E-state index contributed by atoms with van der Waals surface area (Å²) in [6.45, 7) is 15.1. The van der Waals surface area contributed by atoms with Gasteiger partial charge in [0.05, 0.1) is 34.8 Å². The first-order chi connectivity index (χ1) is 27.2. The number of amides is 3. The Kier molecular flexibility index (Phi) is 12.8. The molecule has 1 aromatic carbocycles. The number of nitrogens with zero attached hydrogens (tertiary/aromatic N) is 5. The van der Waals surface area contributed by atoms with E-state index in [0.29, 0.717) is 37.4 Å². The van der Waals surface area contributed by atoms with E-state index in [9.17, 15) is 19.2 Å². The predicted octanol–water partition coefficient (Wildman–Crippen LogP) is 6.10. The molecular weight excluding hydrogens is 743 g/mol. The number of cyclic esters (lactones) is 1. The van der Waals surface area contributed by atoms with Gasteiger partial charge >= 0.3 is 5.97 Å². The number of pyridine rings is 1. The molecule has 0 spiro atoms. The van der Waals surface area contributed by atoms with Crippen LogP contribution >= 0.6 is 11.3 Å². The van der Waals surface area contributed by atoms with Crippen LogP contribution in [0, 0.1) is 11.3 Å². The normalized spacial score (nSPS) is 19.9. The summed E-state index contributed by atoms with van der Waals surface area (Å²) in [5.74, 6) is -1.62. The monoisotopic (exact) mass is 799 g/mol. The van der Waals surface area contributed by atoms with Crippen LogP contribution in [0.4, 0.5) is 0 Å². The van der Waals surface area contributed by atoms with Crippen molar-refractivity contribution in [3.63, 3.8) is 0 Å². The second kappa shape index (κ2) is 17.5. The topological polar surface area (TPSA) is 148 Å². The number of hydrogen-bond acceptors (Lipinski definition) is 10. The smallest absolute Gasteiger partial charge is 0.324 e. The molecule has 3 amide bonds. The minimum Gasteiger partial charge on any atom is -0.464 e. The lowest BCUT2D eigenvalue weighted by Crippen LogP contribution is -2.62. The molecule has 306 valence electrons. The minimum atomic E-state index is -1.01. The summed E-state index contributed by atoms with van der Waals surface area (Å²) < 4.78 is 14.2. The Morgan fingerprint density at radius 3 is 2.65 bits per heavy atom. The maximum absolute atomic E-state index is 14.3. The highest BCUT2D eigenvalue weighted by molar-refractivity contribution is 7.10. The van der Waals surface area contributed by atoms with Crippen LogP contribution in [0.15, 0.2) is 41.9 Å². The van der Waals surface area contributed by atoms with Crippen molar-refractivity contribution in [3.05, 3.63) is 58.2 Å². The summed E-state index contributed by atoms with van der Waals surface area (Å²) in [5.41, 5.74) is 9.39. The number of carbonyl (C=O) groups is 4. The zero-order valence-electron chi connectivity index (χ0n) is 34.7. The van der Waals surface area contributed by atoms with Crippen molar-refractivity contribution >= 4 is 45.9 Å². The molecule has 13 nitrogen and oxygen atoms in total. The Balaban J connectivity index is 1.48. The van der Waals surface area contributed by atoms with E-state index in [1.165, 1.54) is 21.2 Å². The molecule has 1 saturated heterocycles. The summed E-state index contributed by atoms with van der Waals surface area (Å²) in [6.07, 6.45) is 3.58. The first kappa shape index (κ1) is 42.0. The van der Waals surface area contributed by atoms with Gasteiger partial charge in [0.2, 0.25) is 11.8 Å². The molecule has 4 aromatic rings. The van der Waals surface area contributed by atoms with Crippen LogP contribution in [0.1, 0.15) is 90.1 Å². The second-order valence-electron chi connectivity index (χ2n) is 16.3. The number of carbonyl (C=O) groups excluding carboxylic acids is 4. The Bertz CT molecular complexity index is 2130. The predicted molar refractivity (Wildman–Crippen MR) is 221 cm³/mol. The fourth-order valence-corrected chi connectivity index (χ4v) is 9.00. The quantitative estimate of drug-likeness (QED) is 0.192. The van der Waals surface area contributed by atoms with E-state index in [1.54, 1.807) is 27.3 Å². The summed E-state index contributed by atoms with van der Waals surface area (Å²) in [6, 6.07) is 7.89. The van der Waals surface area contributed by atoms with Gasteiger partial charge in [-0.15, -0.1) is 11.3 Å². The molecule has 0 unspecified atom stereocenters. The summed E-state index contributed by atoms with van der Waals surface area (Å²) in [7, 11) is 3.31. The molecule has 4 atom stereocenters. The number of likely N-dealkylation sites (N-methyl/N-ethyl adjacent to an activating group) is 1. The number of thiazole rings is 1. The number of nitrogens with one attached hydrogen (secondary N) is 2. The van der Waals surface area contributed by atoms with Crippen molar-refractivity contribution in [2.24, 2.45) is 11.3 Å². The van der Waals surface area contributed by atoms with E-state index >= 15 is 0 Å². The highest BCUT2D eigenvalue weighted by Gasteiger charge is 2.38. The Hall–Kier alpha value is -4.66. The van der Waals surface area contributed by atoms with Gasteiger partial charge in [0.1, 0.15) is 18.1 Å². The molecule has 57 heavy (non-hydrogen) atoms. The molecule has 0 aliphatic carbocycles. The molecule has 0 saturated carbocycles. The van der Waals surface area contributed by atoms with Crippen molar-refractivity contribution in [2.45, 2.75) is 111 Å². The number of methoxy groups -OCH3 is 1. The number of aromatic nitrogens is 3. The zero-order chi connectivity index (χ0) is 41.2. The second-order valence-corrected chi connectivity index (χ2v) is 17.3. The fraction of sp³-hybridized carbons (Fsp3) is 0.535. The third-order valence-electron chi connectivity index (χ3n) is 11.2. The summed E-state index contributed by atoms with van der Waals surface area (Å²) in [4.78, 5) is 66.1. The third-order valence-corrected chi connectivity index (χ3v) is 12.0. The highest BCUT2D eigenvalue weighted by Crippen LogP contribution is 2.42. The van der Waals surface area contributed by atoms with Crippen LogP contribution in [0.25, 0.3) is 33.4 Å². The van der Waals surface area contributed by atoms with E-state index in [-0.39, 0.29) is 43.3 Å². The number of hydrazine groups is 1.